The molecule has 2 fully saturated rings. The van der Waals surface area contributed by atoms with Crippen LogP contribution in [0.2, 0.25) is 0 Å². The maximum Gasteiger partial charge on any atom is 0.349 e. The lowest BCUT2D eigenvalue weighted by atomic mass is 9.78. The van der Waals surface area contributed by atoms with Crippen molar-refractivity contribution in [3.8, 4) is 0 Å². The number of piperidine rings is 1. The minimum Gasteiger partial charge on any atom is -0.465 e. The van der Waals surface area contributed by atoms with Gasteiger partial charge >= 0.3 is 5.97 Å². The van der Waals surface area contributed by atoms with E-state index in [9.17, 15) is 4.79 Å². The molecule has 0 aromatic carbocycles. The zero-order valence-electron chi connectivity index (χ0n) is 11.3. The van der Waals surface area contributed by atoms with Crippen LogP contribution in [0, 0.1) is 5.92 Å². The van der Waals surface area contributed by atoms with E-state index in [1.54, 1.807) is 6.20 Å². The predicted molar refractivity (Wildman–Crippen MR) is 75.8 cm³/mol. The summed E-state index contributed by atoms with van der Waals surface area (Å²) in [5, 5.41) is 0.997. The number of fused-ring (bicyclic) bond motifs is 1. The standard InChI is InChI=1S/C14H20N2O2S/c1-18-13(17)12-9-15-14(19-12)16-8-4-6-10-5-2-3-7-11(10)16/h9-11H,2-8H2,1H3/t10-,11-/m1/s1. The Morgan fingerprint density at radius 3 is 3.00 bits per heavy atom. The van der Waals surface area contributed by atoms with Gasteiger partial charge in [0.25, 0.3) is 0 Å². The van der Waals surface area contributed by atoms with Gasteiger partial charge < -0.3 is 9.64 Å². The minimum absolute atomic E-state index is 0.277. The fraction of sp³-hybridized carbons (Fsp3) is 0.714. The fourth-order valence-electron chi connectivity index (χ4n) is 3.45. The van der Waals surface area contributed by atoms with Gasteiger partial charge in [-0.05, 0) is 31.6 Å². The first kappa shape index (κ1) is 12.9. The molecule has 5 heteroatoms. The summed E-state index contributed by atoms with van der Waals surface area (Å²) in [7, 11) is 1.42. The second-order valence-corrected chi connectivity index (χ2v) is 6.46. The Bertz CT molecular complexity index is 458. The molecule has 0 bridgehead atoms. The van der Waals surface area contributed by atoms with Crippen LogP contribution in [0.15, 0.2) is 6.20 Å². The average molecular weight is 280 g/mol. The summed E-state index contributed by atoms with van der Waals surface area (Å²) in [6.07, 6.45) is 9.59. The topological polar surface area (TPSA) is 42.4 Å². The van der Waals surface area contributed by atoms with E-state index in [-0.39, 0.29) is 5.97 Å². The largest absolute Gasteiger partial charge is 0.465 e. The molecule has 2 aliphatic rings. The highest BCUT2D eigenvalue weighted by Gasteiger charge is 2.34. The third-order valence-corrected chi connectivity index (χ3v) is 5.38. The first-order valence-electron chi connectivity index (χ1n) is 7.10. The van der Waals surface area contributed by atoms with Gasteiger partial charge in [0.2, 0.25) is 0 Å². The summed E-state index contributed by atoms with van der Waals surface area (Å²) in [5.74, 6) is 0.550. The van der Waals surface area contributed by atoms with Crippen molar-refractivity contribution in [3.05, 3.63) is 11.1 Å². The highest BCUT2D eigenvalue weighted by molar-refractivity contribution is 7.17. The lowest BCUT2D eigenvalue weighted by Crippen LogP contribution is -2.46. The molecule has 4 nitrogen and oxygen atoms in total. The number of ether oxygens (including phenoxy) is 1. The van der Waals surface area contributed by atoms with Crippen molar-refractivity contribution in [2.75, 3.05) is 18.6 Å². The molecule has 2 atom stereocenters. The predicted octanol–water partition coefficient (Wildman–Crippen LogP) is 3.09. The molecule has 104 valence electrons. The second-order valence-electron chi connectivity index (χ2n) is 5.45. The average Bonchev–Trinajstić information content (AvgIpc) is 2.95. The molecule has 1 saturated heterocycles. The Balaban J connectivity index is 1.80. The summed E-state index contributed by atoms with van der Waals surface area (Å²) >= 11 is 1.47. The Morgan fingerprint density at radius 2 is 2.16 bits per heavy atom. The van der Waals surface area contributed by atoms with E-state index in [0.717, 1.165) is 17.6 Å². The molecular weight excluding hydrogens is 260 g/mol. The van der Waals surface area contributed by atoms with Gasteiger partial charge in [-0.2, -0.15) is 0 Å². The van der Waals surface area contributed by atoms with Crippen molar-refractivity contribution in [3.63, 3.8) is 0 Å². The number of carbonyl (C=O) groups is 1. The van der Waals surface area contributed by atoms with Gasteiger partial charge in [-0.1, -0.05) is 24.2 Å². The van der Waals surface area contributed by atoms with Gasteiger partial charge in [0.05, 0.1) is 13.3 Å². The van der Waals surface area contributed by atoms with Crippen molar-refractivity contribution in [2.45, 2.75) is 44.6 Å². The highest BCUT2D eigenvalue weighted by Crippen LogP contribution is 2.38. The van der Waals surface area contributed by atoms with Crippen LogP contribution in [0.4, 0.5) is 5.13 Å². The lowest BCUT2D eigenvalue weighted by molar-refractivity contribution is 0.0606. The molecule has 1 aliphatic carbocycles. The number of esters is 1. The number of hydrogen-bond acceptors (Lipinski definition) is 5. The van der Waals surface area contributed by atoms with Crippen LogP contribution < -0.4 is 4.90 Å². The maximum atomic E-state index is 11.5. The molecule has 0 amide bonds. The van der Waals surface area contributed by atoms with Crippen LogP contribution in [0.5, 0.6) is 0 Å². The Hall–Kier alpha value is -1.10. The number of aromatic nitrogens is 1. The molecular formula is C14H20N2O2S. The smallest absolute Gasteiger partial charge is 0.349 e. The van der Waals surface area contributed by atoms with Gasteiger partial charge in [0.1, 0.15) is 4.88 Å². The van der Waals surface area contributed by atoms with Crippen LogP contribution in [-0.2, 0) is 4.74 Å². The number of anilines is 1. The van der Waals surface area contributed by atoms with Crippen molar-refractivity contribution in [2.24, 2.45) is 5.92 Å². The number of carbonyl (C=O) groups excluding carboxylic acids is 1. The van der Waals surface area contributed by atoms with Crippen molar-refractivity contribution in [1.82, 2.24) is 4.98 Å². The van der Waals surface area contributed by atoms with Gasteiger partial charge in [0.15, 0.2) is 5.13 Å². The highest BCUT2D eigenvalue weighted by atomic mass is 32.1. The number of hydrogen-bond donors (Lipinski definition) is 0. The van der Waals surface area contributed by atoms with Gasteiger partial charge in [0, 0.05) is 12.6 Å². The number of methoxy groups -OCH3 is 1. The SMILES string of the molecule is COC(=O)c1cnc(N2CCC[C@H]3CCCC[C@H]32)s1. The van der Waals surface area contributed by atoms with E-state index >= 15 is 0 Å². The summed E-state index contributed by atoms with van der Waals surface area (Å²) in [4.78, 5) is 19.0. The Morgan fingerprint density at radius 1 is 1.37 bits per heavy atom. The molecule has 1 saturated carbocycles. The van der Waals surface area contributed by atoms with Crippen LogP contribution in [-0.4, -0.2) is 30.6 Å². The van der Waals surface area contributed by atoms with E-state index in [1.807, 2.05) is 0 Å². The Labute approximate surface area is 117 Å². The van der Waals surface area contributed by atoms with Gasteiger partial charge in [-0.25, -0.2) is 9.78 Å². The lowest BCUT2D eigenvalue weighted by Gasteiger charge is -2.44. The number of nitrogens with zero attached hydrogens (tertiary/aromatic N) is 2. The van der Waals surface area contributed by atoms with E-state index in [1.165, 1.54) is 57.0 Å². The van der Waals surface area contributed by atoms with Crippen molar-refractivity contribution >= 4 is 22.4 Å². The number of rotatable bonds is 2. The van der Waals surface area contributed by atoms with E-state index in [2.05, 4.69) is 9.88 Å². The quantitative estimate of drug-likeness (QED) is 0.781. The van der Waals surface area contributed by atoms with Crippen LogP contribution in [0.3, 0.4) is 0 Å². The molecule has 1 aliphatic heterocycles. The minimum atomic E-state index is -0.277. The second kappa shape index (κ2) is 5.49. The van der Waals surface area contributed by atoms with E-state index < -0.39 is 0 Å². The zero-order valence-corrected chi connectivity index (χ0v) is 12.1. The fourth-order valence-corrected chi connectivity index (χ4v) is 4.37. The summed E-state index contributed by atoms with van der Waals surface area (Å²) in [5.41, 5.74) is 0. The summed E-state index contributed by atoms with van der Waals surface area (Å²) < 4.78 is 4.76. The summed E-state index contributed by atoms with van der Waals surface area (Å²) in [6.45, 7) is 1.08. The van der Waals surface area contributed by atoms with Gasteiger partial charge in [-0.3, -0.25) is 0 Å². The molecule has 0 radical (unpaired) electrons. The monoisotopic (exact) mass is 280 g/mol. The normalized spacial score (nSPS) is 26.9. The zero-order chi connectivity index (χ0) is 13.2. The molecule has 19 heavy (non-hydrogen) atoms. The number of thiazole rings is 1. The van der Waals surface area contributed by atoms with Crippen LogP contribution in [0.25, 0.3) is 0 Å². The van der Waals surface area contributed by atoms with E-state index in [0.29, 0.717) is 10.9 Å². The van der Waals surface area contributed by atoms with E-state index in [4.69, 9.17) is 4.74 Å². The molecule has 3 rings (SSSR count). The summed E-state index contributed by atoms with van der Waals surface area (Å²) in [6, 6.07) is 0.638. The first-order valence-corrected chi connectivity index (χ1v) is 7.92. The molecule has 1 aromatic heterocycles. The molecule has 0 N–H and O–H groups in total. The third kappa shape index (κ3) is 2.48. The van der Waals surface area contributed by atoms with Crippen molar-refractivity contribution < 1.29 is 9.53 Å². The molecule has 0 spiro atoms. The van der Waals surface area contributed by atoms with Crippen molar-refractivity contribution in [1.29, 1.82) is 0 Å². The third-order valence-electron chi connectivity index (χ3n) is 4.37. The van der Waals surface area contributed by atoms with Gasteiger partial charge in [-0.15, -0.1) is 0 Å². The maximum absolute atomic E-state index is 11.5. The van der Waals surface area contributed by atoms with Crippen LogP contribution >= 0.6 is 11.3 Å². The van der Waals surface area contributed by atoms with Crippen LogP contribution in [0.1, 0.15) is 48.2 Å². The molecule has 2 heterocycles. The first-order chi connectivity index (χ1) is 9.29. The Kier molecular flexibility index (Phi) is 3.73. The molecule has 1 aromatic rings. The molecule has 0 unspecified atom stereocenters.